The number of nitrogens with two attached hydrogens (primary N) is 1. The van der Waals surface area contributed by atoms with E-state index in [4.69, 9.17) is 5.73 Å². The number of Topliss-reactive ketones (excluding diaryl/α,β-unsaturated/α-hetero) is 1. The van der Waals surface area contributed by atoms with E-state index in [2.05, 4.69) is 5.10 Å². The Balaban J connectivity index is 2.98. The minimum absolute atomic E-state index is 0.102. The molecule has 0 aromatic carbocycles. The van der Waals surface area contributed by atoms with Crippen LogP contribution in [0.25, 0.3) is 0 Å². The number of ketones is 1. The van der Waals surface area contributed by atoms with Gasteiger partial charge in [0.15, 0.2) is 5.66 Å². The largest absolute Gasteiger partial charge is 0.301 e. The van der Waals surface area contributed by atoms with E-state index in [0.717, 1.165) is 0 Å². The summed E-state index contributed by atoms with van der Waals surface area (Å²) < 4.78 is 0. The van der Waals surface area contributed by atoms with Crippen LogP contribution in [0.4, 0.5) is 0 Å². The predicted molar refractivity (Wildman–Crippen MR) is 38.5 cm³/mol. The third kappa shape index (κ3) is 0.724. The first-order valence-electron chi connectivity index (χ1n) is 3.09. The van der Waals surface area contributed by atoms with Gasteiger partial charge in [-0.05, 0) is 13.8 Å². The van der Waals surface area contributed by atoms with Crippen molar-refractivity contribution in [2.24, 2.45) is 10.8 Å². The van der Waals surface area contributed by atoms with E-state index in [0.29, 0.717) is 5.71 Å². The van der Waals surface area contributed by atoms with E-state index < -0.39 is 5.66 Å². The molecule has 1 aliphatic rings. The summed E-state index contributed by atoms with van der Waals surface area (Å²) in [4.78, 5) is 11.1. The van der Waals surface area contributed by atoms with Crippen LogP contribution in [-0.2, 0) is 4.79 Å². The van der Waals surface area contributed by atoms with Crippen molar-refractivity contribution in [3.05, 3.63) is 0 Å². The molecule has 1 unspecified atom stereocenters. The molecule has 0 saturated heterocycles. The monoisotopic (exact) mass is 141 g/mol. The highest BCUT2D eigenvalue weighted by Crippen LogP contribution is 2.15. The Morgan fingerprint density at radius 3 is 2.30 bits per heavy atom. The second-order valence-electron chi connectivity index (χ2n) is 2.69. The number of hydrazone groups is 1. The molecule has 56 valence electrons. The molecular weight excluding hydrogens is 130 g/mol. The van der Waals surface area contributed by atoms with Gasteiger partial charge in [-0.3, -0.25) is 9.80 Å². The van der Waals surface area contributed by atoms with Gasteiger partial charge in [0.25, 0.3) is 0 Å². The van der Waals surface area contributed by atoms with Gasteiger partial charge in [0.2, 0.25) is 5.78 Å². The van der Waals surface area contributed by atoms with Gasteiger partial charge < -0.3 is 5.73 Å². The average molecular weight is 141 g/mol. The van der Waals surface area contributed by atoms with Gasteiger partial charge >= 0.3 is 0 Å². The first-order chi connectivity index (χ1) is 4.46. The summed E-state index contributed by atoms with van der Waals surface area (Å²) in [5, 5.41) is 5.38. The minimum atomic E-state index is -0.927. The zero-order chi connectivity index (χ0) is 7.94. The van der Waals surface area contributed by atoms with Crippen LogP contribution in [0.5, 0.6) is 0 Å². The van der Waals surface area contributed by atoms with Gasteiger partial charge in [-0.25, -0.2) is 0 Å². The van der Waals surface area contributed by atoms with Crippen LogP contribution in [0, 0.1) is 0 Å². The summed E-state index contributed by atoms with van der Waals surface area (Å²) in [6.45, 7) is 3.31. The number of hydrogen-bond donors (Lipinski definition) is 1. The topological polar surface area (TPSA) is 58.7 Å². The second-order valence-corrected chi connectivity index (χ2v) is 2.69. The van der Waals surface area contributed by atoms with E-state index >= 15 is 0 Å². The van der Waals surface area contributed by atoms with Crippen molar-refractivity contribution in [1.82, 2.24) is 5.01 Å². The lowest BCUT2D eigenvalue weighted by atomic mass is 10.1. The maximum Gasteiger partial charge on any atom is 0.219 e. The first-order valence-corrected chi connectivity index (χ1v) is 3.09. The van der Waals surface area contributed by atoms with Gasteiger partial charge in [-0.2, -0.15) is 5.10 Å². The van der Waals surface area contributed by atoms with Crippen molar-refractivity contribution >= 4 is 11.5 Å². The summed E-state index contributed by atoms with van der Waals surface area (Å²) in [7, 11) is 1.69. The maximum atomic E-state index is 11.1. The molecule has 2 N–H and O–H groups in total. The molecule has 0 aromatic rings. The molecule has 1 heterocycles. The van der Waals surface area contributed by atoms with Gasteiger partial charge in [0.1, 0.15) is 5.71 Å². The van der Waals surface area contributed by atoms with Crippen molar-refractivity contribution in [3.63, 3.8) is 0 Å². The van der Waals surface area contributed by atoms with Crippen molar-refractivity contribution in [2.75, 3.05) is 7.05 Å². The molecule has 4 heteroatoms. The molecule has 1 atom stereocenters. The fourth-order valence-corrected chi connectivity index (χ4v) is 0.887. The molecule has 0 bridgehead atoms. The second kappa shape index (κ2) is 1.79. The van der Waals surface area contributed by atoms with E-state index in [-0.39, 0.29) is 5.78 Å². The normalized spacial score (nSPS) is 33.0. The fraction of sp³-hybridized carbons (Fsp3) is 0.667. The highest BCUT2D eigenvalue weighted by atomic mass is 16.1. The fourth-order valence-electron chi connectivity index (χ4n) is 0.887. The van der Waals surface area contributed by atoms with Crippen molar-refractivity contribution in [1.29, 1.82) is 0 Å². The quantitative estimate of drug-likeness (QED) is 0.497. The Morgan fingerprint density at radius 2 is 2.20 bits per heavy atom. The van der Waals surface area contributed by atoms with Crippen LogP contribution >= 0.6 is 0 Å². The van der Waals surface area contributed by atoms with Gasteiger partial charge in [0.05, 0.1) is 0 Å². The zero-order valence-corrected chi connectivity index (χ0v) is 6.38. The summed E-state index contributed by atoms with van der Waals surface area (Å²) >= 11 is 0. The van der Waals surface area contributed by atoms with Gasteiger partial charge in [-0.15, -0.1) is 0 Å². The Labute approximate surface area is 59.7 Å². The Morgan fingerprint density at radius 1 is 1.70 bits per heavy atom. The molecule has 1 aliphatic heterocycles. The first kappa shape index (κ1) is 7.21. The van der Waals surface area contributed by atoms with E-state index in [1.165, 1.54) is 5.01 Å². The molecular formula is C6H11N3O. The van der Waals surface area contributed by atoms with Crippen LogP contribution < -0.4 is 5.73 Å². The molecule has 0 fully saturated rings. The lowest BCUT2D eigenvalue weighted by Gasteiger charge is -2.23. The van der Waals surface area contributed by atoms with Crippen molar-refractivity contribution in [2.45, 2.75) is 19.5 Å². The summed E-state index contributed by atoms with van der Waals surface area (Å²) in [5.74, 6) is -0.102. The number of hydrogen-bond acceptors (Lipinski definition) is 4. The molecule has 0 amide bonds. The summed E-state index contributed by atoms with van der Waals surface area (Å²) in [6, 6.07) is 0. The molecule has 0 spiro atoms. The van der Waals surface area contributed by atoms with Crippen LogP contribution in [0.15, 0.2) is 5.10 Å². The number of likely N-dealkylation sites (N-methyl/N-ethyl adjacent to an activating group) is 1. The standard InChI is InChI=1S/C6H11N3O/c1-4-5(10)6(2,7)9(3)8-4/h7H2,1-3H3. The van der Waals surface area contributed by atoms with Crippen molar-refractivity contribution < 1.29 is 4.79 Å². The summed E-state index contributed by atoms with van der Waals surface area (Å²) in [5.41, 5.74) is 5.17. The Kier molecular flexibility index (Phi) is 1.29. The molecule has 0 saturated carbocycles. The lowest BCUT2D eigenvalue weighted by molar-refractivity contribution is -0.120. The third-order valence-corrected chi connectivity index (χ3v) is 1.76. The molecule has 0 radical (unpaired) electrons. The minimum Gasteiger partial charge on any atom is -0.301 e. The van der Waals surface area contributed by atoms with E-state index in [1.54, 1.807) is 20.9 Å². The number of nitrogens with zero attached hydrogens (tertiary/aromatic N) is 2. The smallest absolute Gasteiger partial charge is 0.219 e. The third-order valence-electron chi connectivity index (χ3n) is 1.76. The SMILES string of the molecule is CC1=NN(C)C(C)(N)C1=O. The molecule has 1 rings (SSSR count). The number of rotatable bonds is 0. The predicted octanol–water partition coefficient (Wildman–Crippen LogP) is -0.448. The number of carbonyl (C=O) groups is 1. The average Bonchev–Trinajstić information content (AvgIpc) is 1.97. The van der Waals surface area contributed by atoms with Crippen LogP contribution in [-0.4, -0.2) is 29.2 Å². The van der Waals surface area contributed by atoms with Crippen LogP contribution in [0.1, 0.15) is 13.8 Å². The van der Waals surface area contributed by atoms with Crippen LogP contribution in [0.3, 0.4) is 0 Å². The molecule has 10 heavy (non-hydrogen) atoms. The van der Waals surface area contributed by atoms with Gasteiger partial charge in [0, 0.05) is 7.05 Å². The van der Waals surface area contributed by atoms with E-state index in [1.807, 2.05) is 0 Å². The summed E-state index contributed by atoms with van der Waals surface area (Å²) in [6.07, 6.45) is 0. The molecule has 4 nitrogen and oxygen atoms in total. The highest BCUT2D eigenvalue weighted by Gasteiger charge is 2.39. The lowest BCUT2D eigenvalue weighted by Crippen LogP contribution is -2.52. The van der Waals surface area contributed by atoms with E-state index in [9.17, 15) is 4.79 Å². The molecule has 0 aliphatic carbocycles. The number of carbonyl (C=O) groups excluding carboxylic acids is 1. The maximum absolute atomic E-state index is 11.1. The highest BCUT2D eigenvalue weighted by molar-refractivity contribution is 6.43. The van der Waals surface area contributed by atoms with Crippen LogP contribution in [0.2, 0.25) is 0 Å². The Bertz CT molecular complexity index is 207. The zero-order valence-electron chi connectivity index (χ0n) is 6.38. The van der Waals surface area contributed by atoms with Crippen molar-refractivity contribution in [3.8, 4) is 0 Å². The molecule has 0 aromatic heterocycles. The van der Waals surface area contributed by atoms with Gasteiger partial charge in [-0.1, -0.05) is 0 Å². The Hall–Kier alpha value is -0.900.